The Balaban J connectivity index is 2.76. The summed E-state index contributed by atoms with van der Waals surface area (Å²) in [5.41, 5.74) is 8.95. The first-order chi connectivity index (χ1) is 6.85. The molecule has 0 amide bonds. The lowest BCUT2D eigenvalue weighted by molar-refractivity contribution is 0.834. The molecule has 0 fully saturated rings. The fourth-order valence-electron chi connectivity index (χ4n) is 0.987. The van der Waals surface area contributed by atoms with Crippen LogP contribution in [0.2, 0.25) is 0 Å². The molecule has 0 unspecified atom stereocenters. The minimum absolute atomic E-state index is 0.201. The van der Waals surface area contributed by atoms with Crippen molar-refractivity contribution in [2.24, 2.45) is 5.11 Å². The molecule has 0 atom stereocenters. The van der Waals surface area contributed by atoms with Gasteiger partial charge in [0.05, 0.1) is 6.20 Å². The summed E-state index contributed by atoms with van der Waals surface area (Å²) >= 11 is 1.38. The second-order valence-electron chi connectivity index (χ2n) is 2.30. The number of thioether (sulfide) groups is 1. The molecule has 8 heteroatoms. The maximum absolute atomic E-state index is 8.33. The quantitative estimate of drug-likeness (QED) is 0.325. The average Bonchev–Trinajstić information content (AvgIpc) is 2.66. The molecule has 0 bridgehead atoms. The van der Waals surface area contributed by atoms with E-state index in [9.17, 15) is 0 Å². The molecule has 7 nitrogen and oxygen atoms in total. The highest BCUT2D eigenvalue weighted by Gasteiger charge is 2.05. The minimum atomic E-state index is 0.201. The SMILES string of the molecule is CSc1nc(N=[N+]=[N-])n2nccc2n1. The van der Waals surface area contributed by atoms with Crippen LogP contribution in [0, 0.1) is 0 Å². The van der Waals surface area contributed by atoms with Gasteiger partial charge in [0.1, 0.15) is 0 Å². The molecule has 0 aromatic carbocycles. The molecular weight excluding hydrogens is 202 g/mol. The Morgan fingerprint density at radius 3 is 3.14 bits per heavy atom. The molecule has 0 radical (unpaired) electrons. The third-order valence-electron chi connectivity index (χ3n) is 1.53. The van der Waals surface area contributed by atoms with E-state index in [0.29, 0.717) is 10.8 Å². The van der Waals surface area contributed by atoms with Crippen LogP contribution >= 0.6 is 11.8 Å². The number of aromatic nitrogens is 4. The number of hydrogen-bond acceptors (Lipinski definition) is 5. The number of rotatable bonds is 2. The molecule has 2 aromatic rings. The highest BCUT2D eigenvalue weighted by Crippen LogP contribution is 2.16. The van der Waals surface area contributed by atoms with Crippen LogP contribution in [-0.2, 0) is 0 Å². The number of fused-ring (bicyclic) bond motifs is 1. The average molecular weight is 207 g/mol. The van der Waals surface area contributed by atoms with E-state index in [4.69, 9.17) is 5.53 Å². The van der Waals surface area contributed by atoms with Gasteiger partial charge in [0, 0.05) is 11.0 Å². The van der Waals surface area contributed by atoms with Crippen LogP contribution in [0.15, 0.2) is 22.5 Å². The van der Waals surface area contributed by atoms with Gasteiger partial charge in [-0.15, -0.1) is 0 Å². The van der Waals surface area contributed by atoms with Crippen molar-refractivity contribution in [1.82, 2.24) is 19.6 Å². The predicted molar refractivity (Wildman–Crippen MR) is 51.4 cm³/mol. The lowest BCUT2D eigenvalue weighted by atomic mass is 10.7. The lowest BCUT2D eigenvalue weighted by Gasteiger charge is -1.99. The van der Waals surface area contributed by atoms with Gasteiger partial charge in [-0.05, 0) is 16.9 Å². The molecule has 14 heavy (non-hydrogen) atoms. The van der Waals surface area contributed by atoms with E-state index in [2.05, 4.69) is 25.1 Å². The summed E-state index contributed by atoms with van der Waals surface area (Å²) in [6.07, 6.45) is 3.42. The van der Waals surface area contributed by atoms with Gasteiger partial charge in [-0.2, -0.15) is 9.61 Å². The number of nitrogens with zero attached hydrogens (tertiary/aromatic N) is 7. The Hall–Kier alpha value is -1.79. The van der Waals surface area contributed by atoms with Crippen LogP contribution in [0.5, 0.6) is 0 Å². The summed E-state index contributed by atoms with van der Waals surface area (Å²) in [4.78, 5) is 10.9. The number of azide groups is 1. The van der Waals surface area contributed by atoms with Crippen molar-refractivity contribution in [3.63, 3.8) is 0 Å². The summed E-state index contributed by atoms with van der Waals surface area (Å²) in [7, 11) is 0. The summed E-state index contributed by atoms with van der Waals surface area (Å²) < 4.78 is 1.39. The Morgan fingerprint density at radius 2 is 2.43 bits per heavy atom. The first kappa shape index (κ1) is 8.79. The first-order valence-electron chi connectivity index (χ1n) is 3.66. The van der Waals surface area contributed by atoms with Gasteiger partial charge < -0.3 is 0 Å². The molecular formula is C6H5N7S. The van der Waals surface area contributed by atoms with E-state index in [1.807, 2.05) is 6.26 Å². The zero-order valence-corrected chi connectivity index (χ0v) is 8.01. The molecule has 0 aliphatic carbocycles. The van der Waals surface area contributed by atoms with Crippen molar-refractivity contribution in [3.8, 4) is 0 Å². The van der Waals surface area contributed by atoms with Crippen LogP contribution < -0.4 is 0 Å². The molecule has 70 valence electrons. The van der Waals surface area contributed by atoms with Gasteiger partial charge in [0.25, 0.3) is 0 Å². The maximum atomic E-state index is 8.33. The second kappa shape index (κ2) is 3.52. The van der Waals surface area contributed by atoms with Crippen LogP contribution in [-0.4, -0.2) is 25.8 Å². The third kappa shape index (κ3) is 1.36. The van der Waals surface area contributed by atoms with Crippen LogP contribution in [0.25, 0.3) is 16.1 Å². The van der Waals surface area contributed by atoms with Crippen LogP contribution in [0.3, 0.4) is 0 Å². The first-order valence-corrected chi connectivity index (χ1v) is 4.88. The number of hydrogen-bond donors (Lipinski definition) is 0. The van der Waals surface area contributed by atoms with Crippen molar-refractivity contribution >= 4 is 23.4 Å². The van der Waals surface area contributed by atoms with Crippen LogP contribution in [0.1, 0.15) is 0 Å². The van der Waals surface area contributed by atoms with Crippen molar-refractivity contribution in [3.05, 3.63) is 22.7 Å². The van der Waals surface area contributed by atoms with E-state index in [-0.39, 0.29) is 5.95 Å². The van der Waals surface area contributed by atoms with Crippen molar-refractivity contribution in [1.29, 1.82) is 0 Å². The van der Waals surface area contributed by atoms with E-state index >= 15 is 0 Å². The van der Waals surface area contributed by atoms with Gasteiger partial charge in [0.2, 0.25) is 5.95 Å². The summed E-state index contributed by atoms with van der Waals surface area (Å²) in [6, 6.07) is 1.72. The molecule has 2 rings (SSSR count). The second-order valence-corrected chi connectivity index (χ2v) is 3.07. The van der Waals surface area contributed by atoms with Crippen LogP contribution in [0.4, 0.5) is 5.95 Å². The summed E-state index contributed by atoms with van der Waals surface area (Å²) in [5.74, 6) is 0.201. The zero-order valence-electron chi connectivity index (χ0n) is 7.19. The molecule has 0 aliphatic heterocycles. The van der Waals surface area contributed by atoms with E-state index in [1.165, 1.54) is 16.3 Å². The Morgan fingerprint density at radius 1 is 1.57 bits per heavy atom. The molecule has 2 aromatic heterocycles. The van der Waals surface area contributed by atoms with Crippen molar-refractivity contribution < 1.29 is 0 Å². The zero-order chi connectivity index (χ0) is 9.97. The van der Waals surface area contributed by atoms with E-state index < -0.39 is 0 Å². The molecule has 2 heterocycles. The van der Waals surface area contributed by atoms with Crippen molar-refractivity contribution in [2.45, 2.75) is 5.16 Å². The molecule has 0 N–H and O–H groups in total. The predicted octanol–water partition coefficient (Wildman–Crippen LogP) is 1.79. The van der Waals surface area contributed by atoms with Gasteiger partial charge in [-0.25, -0.2) is 9.97 Å². The highest BCUT2D eigenvalue weighted by molar-refractivity contribution is 7.98. The van der Waals surface area contributed by atoms with E-state index in [0.717, 1.165) is 0 Å². The molecule has 0 saturated heterocycles. The van der Waals surface area contributed by atoms with Gasteiger partial charge in [-0.1, -0.05) is 11.8 Å². The Labute approximate surface area is 82.8 Å². The Bertz CT molecular complexity index is 512. The fourth-order valence-corrected chi connectivity index (χ4v) is 1.34. The van der Waals surface area contributed by atoms with Gasteiger partial charge >= 0.3 is 0 Å². The third-order valence-corrected chi connectivity index (χ3v) is 2.08. The molecule has 0 aliphatic rings. The fraction of sp³-hybridized carbons (Fsp3) is 0.167. The largest absolute Gasteiger partial charge is 0.222 e. The standard InChI is InChI=1S/C6H5N7S/c1-14-6-9-4-2-3-8-13(4)5(10-6)11-12-7/h2-3H,1H3. The van der Waals surface area contributed by atoms with Gasteiger partial charge in [0.15, 0.2) is 10.8 Å². The van der Waals surface area contributed by atoms with E-state index in [1.54, 1.807) is 12.3 Å². The topological polar surface area (TPSA) is 91.8 Å². The maximum Gasteiger partial charge on any atom is 0.222 e. The van der Waals surface area contributed by atoms with Crippen molar-refractivity contribution in [2.75, 3.05) is 6.26 Å². The molecule has 0 spiro atoms. The molecule has 0 saturated carbocycles. The Kier molecular flexibility index (Phi) is 2.21. The normalized spacial score (nSPS) is 10.1. The summed E-state index contributed by atoms with van der Waals surface area (Å²) in [5, 5.41) is 7.92. The minimum Gasteiger partial charge on any atom is -0.203 e. The monoisotopic (exact) mass is 207 g/mol. The van der Waals surface area contributed by atoms with Gasteiger partial charge in [-0.3, -0.25) is 0 Å². The smallest absolute Gasteiger partial charge is 0.203 e. The highest BCUT2D eigenvalue weighted by atomic mass is 32.2. The summed E-state index contributed by atoms with van der Waals surface area (Å²) in [6.45, 7) is 0. The lowest BCUT2D eigenvalue weighted by Crippen LogP contribution is -1.96.